The second-order valence-corrected chi connectivity index (χ2v) is 8.17. The Labute approximate surface area is 119 Å². The molecule has 1 amide bonds. The van der Waals surface area contributed by atoms with Gasteiger partial charge in [-0.05, 0) is 20.8 Å². The van der Waals surface area contributed by atoms with Gasteiger partial charge in [0.1, 0.15) is 5.69 Å². The molecule has 19 heavy (non-hydrogen) atoms. The molecule has 0 unspecified atom stereocenters. The first-order valence-corrected chi connectivity index (χ1v) is 8.51. The molecule has 106 valence electrons. The Balaban J connectivity index is 2.09. The van der Waals surface area contributed by atoms with E-state index in [9.17, 15) is 9.00 Å². The molecule has 1 saturated heterocycles. The summed E-state index contributed by atoms with van der Waals surface area (Å²) < 4.78 is 11.5. The number of carbonyl (C=O) groups excluding carboxylic acids is 1. The number of amides is 1. The van der Waals surface area contributed by atoms with Crippen molar-refractivity contribution in [2.24, 2.45) is 0 Å². The Morgan fingerprint density at radius 2 is 2.37 bits per heavy atom. The molecule has 0 aliphatic carbocycles. The number of hydrogen-bond donors (Lipinski definition) is 1. The van der Waals surface area contributed by atoms with Gasteiger partial charge in [0.05, 0.1) is 4.75 Å². The normalized spacial score (nSPS) is 22.3. The number of anilines is 1. The molecular weight excluding hydrogens is 282 g/mol. The van der Waals surface area contributed by atoms with Crippen LogP contribution in [0.25, 0.3) is 0 Å². The third-order valence-electron chi connectivity index (χ3n) is 3.07. The zero-order chi connectivity index (χ0) is 14.0. The van der Waals surface area contributed by atoms with Crippen LogP contribution >= 0.6 is 11.3 Å². The minimum absolute atomic E-state index is 0.0646. The van der Waals surface area contributed by atoms with Gasteiger partial charge in [-0.2, -0.15) is 0 Å². The Bertz CT molecular complexity index is 499. The number of thiazole rings is 1. The average molecular weight is 301 g/mol. The van der Waals surface area contributed by atoms with Crippen LogP contribution in [0.3, 0.4) is 0 Å². The Morgan fingerprint density at radius 1 is 1.63 bits per heavy atom. The van der Waals surface area contributed by atoms with Crippen molar-refractivity contribution >= 4 is 33.2 Å². The maximum Gasteiger partial charge on any atom is 0.273 e. The van der Waals surface area contributed by atoms with E-state index in [1.807, 2.05) is 20.8 Å². The second-order valence-electron chi connectivity index (χ2n) is 5.10. The van der Waals surface area contributed by atoms with E-state index in [1.165, 1.54) is 11.3 Å². The summed E-state index contributed by atoms with van der Waals surface area (Å²) in [7, 11) is -0.866. The van der Waals surface area contributed by atoms with Crippen LogP contribution in [0, 0.1) is 0 Å². The van der Waals surface area contributed by atoms with E-state index in [2.05, 4.69) is 10.3 Å². The molecule has 2 rings (SSSR count). The summed E-state index contributed by atoms with van der Waals surface area (Å²) in [4.78, 5) is 18.4. The third kappa shape index (κ3) is 3.14. The van der Waals surface area contributed by atoms with Crippen LogP contribution in [-0.2, 0) is 10.8 Å². The third-order valence-corrected chi connectivity index (χ3v) is 5.79. The van der Waals surface area contributed by atoms with E-state index in [0.29, 0.717) is 24.5 Å². The van der Waals surface area contributed by atoms with Crippen LogP contribution in [0.4, 0.5) is 5.13 Å². The molecule has 0 bridgehead atoms. The largest absolute Gasteiger partial charge is 0.362 e. The lowest BCUT2D eigenvalue weighted by Gasteiger charge is -2.36. The summed E-state index contributed by atoms with van der Waals surface area (Å²) in [5.41, 5.74) is 0.476. The molecule has 1 aromatic heterocycles. The molecule has 0 aromatic carbocycles. The molecule has 2 heterocycles. The van der Waals surface area contributed by atoms with Gasteiger partial charge in [-0.15, -0.1) is 11.3 Å². The van der Waals surface area contributed by atoms with Crippen molar-refractivity contribution in [1.82, 2.24) is 9.88 Å². The van der Waals surface area contributed by atoms with E-state index in [-0.39, 0.29) is 10.7 Å². The summed E-state index contributed by atoms with van der Waals surface area (Å²) in [6.45, 7) is 7.72. The molecule has 0 spiro atoms. The monoisotopic (exact) mass is 301 g/mol. The van der Waals surface area contributed by atoms with Crippen molar-refractivity contribution in [2.45, 2.75) is 25.5 Å². The van der Waals surface area contributed by atoms with Crippen LogP contribution in [0.5, 0.6) is 0 Å². The second kappa shape index (κ2) is 5.58. The van der Waals surface area contributed by atoms with Crippen molar-refractivity contribution in [3.8, 4) is 0 Å². The van der Waals surface area contributed by atoms with E-state index < -0.39 is 10.8 Å². The highest BCUT2D eigenvalue weighted by Gasteiger charge is 2.35. The fourth-order valence-corrected chi connectivity index (χ4v) is 4.01. The van der Waals surface area contributed by atoms with Gasteiger partial charge >= 0.3 is 0 Å². The number of hydrogen-bond acceptors (Lipinski definition) is 5. The average Bonchev–Trinajstić information content (AvgIpc) is 2.81. The molecule has 1 aromatic rings. The Hall–Kier alpha value is -0.950. The molecule has 7 heteroatoms. The molecular formula is C12H19N3O2S2. The number of carbonyl (C=O) groups is 1. The standard InChI is InChI=1S/C12H19N3O2S2/c1-4-13-11-14-9(7-18-11)10(16)15-5-6-19(17)12(2,3)8-15/h7H,4-6,8H2,1-3H3,(H,13,14)/t19-/m0/s1. The molecule has 1 atom stereocenters. The molecule has 1 N–H and O–H groups in total. The van der Waals surface area contributed by atoms with Gasteiger partial charge in [0.2, 0.25) is 0 Å². The maximum absolute atomic E-state index is 12.4. The quantitative estimate of drug-likeness (QED) is 0.920. The highest BCUT2D eigenvalue weighted by molar-refractivity contribution is 7.86. The lowest BCUT2D eigenvalue weighted by atomic mass is 10.2. The predicted octanol–water partition coefficient (Wildman–Crippen LogP) is 1.56. The summed E-state index contributed by atoms with van der Waals surface area (Å²) in [5.74, 6) is 0.480. The van der Waals surface area contributed by atoms with E-state index in [1.54, 1.807) is 10.3 Å². The van der Waals surface area contributed by atoms with E-state index in [0.717, 1.165) is 11.7 Å². The minimum Gasteiger partial charge on any atom is -0.362 e. The number of aromatic nitrogens is 1. The topological polar surface area (TPSA) is 62.3 Å². The molecule has 1 aliphatic heterocycles. The minimum atomic E-state index is -0.866. The highest BCUT2D eigenvalue weighted by Crippen LogP contribution is 2.23. The van der Waals surface area contributed by atoms with Gasteiger partial charge in [0.15, 0.2) is 5.13 Å². The van der Waals surface area contributed by atoms with Gasteiger partial charge < -0.3 is 10.2 Å². The lowest BCUT2D eigenvalue weighted by Crippen LogP contribution is -2.52. The summed E-state index contributed by atoms with van der Waals surface area (Å²) in [6.07, 6.45) is 0. The Morgan fingerprint density at radius 3 is 3.00 bits per heavy atom. The fraction of sp³-hybridized carbons (Fsp3) is 0.667. The predicted molar refractivity (Wildman–Crippen MR) is 79.3 cm³/mol. The SMILES string of the molecule is CCNc1nc(C(=O)N2CC[S@](=O)C(C)(C)C2)cs1. The van der Waals surface area contributed by atoms with Gasteiger partial charge in [0.25, 0.3) is 5.91 Å². The smallest absolute Gasteiger partial charge is 0.273 e. The number of rotatable bonds is 3. The van der Waals surface area contributed by atoms with Gasteiger partial charge in [-0.1, -0.05) is 0 Å². The maximum atomic E-state index is 12.4. The van der Waals surface area contributed by atoms with Crippen molar-refractivity contribution in [3.05, 3.63) is 11.1 Å². The van der Waals surface area contributed by atoms with Crippen LogP contribution < -0.4 is 5.32 Å². The molecule has 0 radical (unpaired) electrons. The van der Waals surface area contributed by atoms with Crippen molar-refractivity contribution in [2.75, 3.05) is 30.7 Å². The lowest BCUT2D eigenvalue weighted by molar-refractivity contribution is 0.0741. The van der Waals surface area contributed by atoms with Crippen LogP contribution in [0.15, 0.2) is 5.38 Å². The number of nitrogens with zero attached hydrogens (tertiary/aromatic N) is 2. The number of nitrogens with one attached hydrogen (secondary N) is 1. The first kappa shape index (κ1) is 14.5. The van der Waals surface area contributed by atoms with Crippen LogP contribution in [0.1, 0.15) is 31.3 Å². The fourth-order valence-electron chi connectivity index (χ4n) is 2.02. The van der Waals surface area contributed by atoms with Gasteiger partial charge in [-0.3, -0.25) is 9.00 Å². The zero-order valence-electron chi connectivity index (χ0n) is 11.4. The van der Waals surface area contributed by atoms with E-state index in [4.69, 9.17) is 0 Å². The van der Waals surface area contributed by atoms with Crippen molar-refractivity contribution < 1.29 is 9.00 Å². The van der Waals surface area contributed by atoms with Crippen molar-refractivity contribution in [1.29, 1.82) is 0 Å². The summed E-state index contributed by atoms with van der Waals surface area (Å²) in [6, 6.07) is 0. The molecule has 1 aliphatic rings. The Kier molecular flexibility index (Phi) is 4.25. The molecule has 1 fully saturated rings. The zero-order valence-corrected chi connectivity index (χ0v) is 13.1. The van der Waals surface area contributed by atoms with Gasteiger partial charge in [0, 0.05) is 41.6 Å². The molecule has 0 saturated carbocycles. The van der Waals surface area contributed by atoms with Crippen LogP contribution in [0.2, 0.25) is 0 Å². The van der Waals surface area contributed by atoms with Crippen molar-refractivity contribution in [3.63, 3.8) is 0 Å². The highest BCUT2D eigenvalue weighted by atomic mass is 32.2. The van der Waals surface area contributed by atoms with Crippen LogP contribution in [-0.4, -0.2) is 50.1 Å². The summed E-state index contributed by atoms with van der Waals surface area (Å²) in [5, 5.41) is 5.64. The van der Waals surface area contributed by atoms with E-state index >= 15 is 0 Å². The first-order valence-electron chi connectivity index (χ1n) is 6.31. The van der Waals surface area contributed by atoms with Gasteiger partial charge in [-0.25, -0.2) is 4.98 Å². The first-order chi connectivity index (χ1) is 8.94. The molecule has 5 nitrogen and oxygen atoms in total. The summed E-state index contributed by atoms with van der Waals surface area (Å²) >= 11 is 1.44.